The molecule has 1 aromatic carbocycles. The average Bonchev–Trinajstić information content (AvgIpc) is 2.43. The molecule has 0 aliphatic rings. The van der Waals surface area contributed by atoms with Crippen molar-refractivity contribution in [3.05, 3.63) is 71.3 Å². The van der Waals surface area contributed by atoms with Gasteiger partial charge in [0.2, 0.25) is 0 Å². The molecule has 0 aromatic heterocycles. The molecule has 0 fully saturated rings. The summed E-state index contributed by atoms with van der Waals surface area (Å²) >= 11 is 0. The molecule has 0 bridgehead atoms. The van der Waals surface area contributed by atoms with Gasteiger partial charge in [-0.25, -0.2) is 0 Å². The Morgan fingerprint density at radius 3 is 2.16 bits per heavy atom. The highest BCUT2D eigenvalue weighted by Crippen LogP contribution is 2.03. The number of hydrogen-bond acceptors (Lipinski definition) is 0. The van der Waals surface area contributed by atoms with Crippen LogP contribution in [0.3, 0.4) is 0 Å². The second-order valence-electron chi connectivity index (χ2n) is 4.04. The van der Waals surface area contributed by atoms with Gasteiger partial charge in [0.1, 0.15) is 0 Å². The van der Waals surface area contributed by atoms with Crippen molar-refractivity contribution >= 4 is 0 Å². The van der Waals surface area contributed by atoms with Crippen molar-refractivity contribution in [2.45, 2.75) is 34.6 Å². The molecule has 0 atom stereocenters. The van der Waals surface area contributed by atoms with E-state index in [0.717, 1.165) is 16.7 Å². The molecule has 1 rings (SSSR count). The lowest BCUT2D eigenvalue weighted by Gasteiger charge is -1.92. The van der Waals surface area contributed by atoms with Crippen LogP contribution in [0.2, 0.25) is 0 Å². The maximum atomic E-state index is 3.83. The van der Waals surface area contributed by atoms with E-state index >= 15 is 0 Å². The fourth-order valence-electron chi connectivity index (χ4n) is 1.22. The van der Waals surface area contributed by atoms with Crippen LogP contribution < -0.4 is 0 Å². The molecule has 0 saturated heterocycles. The van der Waals surface area contributed by atoms with Crippen LogP contribution in [0, 0.1) is 18.8 Å². The molecule has 0 N–H and O–H groups in total. The van der Waals surface area contributed by atoms with E-state index in [0.29, 0.717) is 0 Å². The van der Waals surface area contributed by atoms with Gasteiger partial charge >= 0.3 is 0 Å². The summed E-state index contributed by atoms with van der Waals surface area (Å²) in [6.45, 7) is 13.9. The van der Waals surface area contributed by atoms with Gasteiger partial charge in [-0.3, -0.25) is 0 Å². The van der Waals surface area contributed by atoms with Gasteiger partial charge < -0.3 is 0 Å². The van der Waals surface area contributed by atoms with Gasteiger partial charge in [-0.1, -0.05) is 67.7 Å². The van der Waals surface area contributed by atoms with Crippen LogP contribution in [0.4, 0.5) is 0 Å². The van der Waals surface area contributed by atoms with Gasteiger partial charge in [0, 0.05) is 11.1 Å². The Labute approximate surface area is 118 Å². The summed E-state index contributed by atoms with van der Waals surface area (Å²) in [5.74, 6) is 6.29. The fraction of sp³-hybridized carbons (Fsp3) is 0.263. The van der Waals surface area contributed by atoms with E-state index in [9.17, 15) is 0 Å². The number of hydrogen-bond donors (Lipinski definition) is 0. The fourth-order valence-corrected chi connectivity index (χ4v) is 1.22. The second kappa shape index (κ2) is 9.97. The highest BCUT2D eigenvalue weighted by Gasteiger charge is 1.87. The van der Waals surface area contributed by atoms with E-state index in [2.05, 4.69) is 37.5 Å². The van der Waals surface area contributed by atoms with E-state index in [4.69, 9.17) is 0 Å². The van der Waals surface area contributed by atoms with E-state index in [1.807, 2.05) is 58.1 Å². The predicted octanol–water partition coefficient (Wildman–Crippen LogP) is 5.45. The third kappa shape index (κ3) is 7.84. The predicted molar refractivity (Wildman–Crippen MR) is 87.1 cm³/mol. The molecule has 0 radical (unpaired) electrons. The Kier molecular flexibility index (Phi) is 8.92. The molecular formula is C19H24. The molecular weight excluding hydrogens is 228 g/mol. The lowest BCUT2D eigenvalue weighted by molar-refractivity contribution is 1.46. The number of aryl methyl sites for hydroxylation is 1. The molecule has 1 aromatic rings. The maximum absolute atomic E-state index is 3.83. The van der Waals surface area contributed by atoms with E-state index < -0.39 is 0 Å². The van der Waals surface area contributed by atoms with Crippen LogP contribution in [0.15, 0.2) is 60.2 Å². The van der Waals surface area contributed by atoms with Gasteiger partial charge in [-0.15, -0.1) is 0 Å². The number of benzene rings is 1. The summed E-state index contributed by atoms with van der Waals surface area (Å²) in [5.41, 5.74) is 4.33. The van der Waals surface area contributed by atoms with Crippen LogP contribution in [-0.4, -0.2) is 0 Å². The van der Waals surface area contributed by atoms with Crippen molar-refractivity contribution in [2.24, 2.45) is 0 Å². The lowest BCUT2D eigenvalue weighted by atomic mass is 10.1. The molecule has 0 heteroatoms. The minimum atomic E-state index is 1.01. The summed E-state index contributed by atoms with van der Waals surface area (Å²) in [5, 5.41) is 0. The number of rotatable bonds is 2. The molecule has 0 saturated carbocycles. The van der Waals surface area contributed by atoms with Crippen LogP contribution in [0.5, 0.6) is 0 Å². The zero-order valence-corrected chi connectivity index (χ0v) is 12.7. The van der Waals surface area contributed by atoms with Gasteiger partial charge in [-0.05, 0) is 39.0 Å². The summed E-state index contributed by atoms with van der Waals surface area (Å²) in [6.07, 6.45) is 5.96. The molecule has 100 valence electrons. The summed E-state index contributed by atoms with van der Waals surface area (Å²) in [7, 11) is 0. The van der Waals surface area contributed by atoms with Crippen LogP contribution in [0.25, 0.3) is 0 Å². The molecule has 0 heterocycles. The van der Waals surface area contributed by atoms with Crippen molar-refractivity contribution in [1.82, 2.24) is 0 Å². The SMILES string of the molecule is C=C(C)/C=C\C(C#Cc1ccc(C)cc1)=C/C.CC. The van der Waals surface area contributed by atoms with Crippen molar-refractivity contribution in [2.75, 3.05) is 0 Å². The van der Waals surface area contributed by atoms with Crippen molar-refractivity contribution in [3.8, 4) is 11.8 Å². The van der Waals surface area contributed by atoms with Gasteiger partial charge in [0.05, 0.1) is 0 Å². The van der Waals surface area contributed by atoms with Gasteiger partial charge in [-0.2, -0.15) is 0 Å². The first-order valence-corrected chi connectivity index (χ1v) is 6.70. The second-order valence-corrected chi connectivity index (χ2v) is 4.04. The Morgan fingerprint density at radius 2 is 1.68 bits per heavy atom. The first-order chi connectivity index (χ1) is 9.11. The minimum Gasteiger partial charge on any atom is -0.0961 e. The van der Waals surface area contributed by atoms with Crippen LogP contribution >= 0.6 is 0 Å². The average molecular weight is 252 g/mol. The highest BCUT2D eigenvalue weighted by molar-refractivity contribution is 5.46. The molecule has 0 nitrogen and oxygen atoms in total. The normalized spacial score (nSPS) is 10.3. The maximum Gasteiger partial charge on any atom is 0.0249 e. The Hall–Kier alpha value is -2.00. The topological polar surface area (TPSA) is 0 Å². The zero-order chi connectivity index (χ0) is 14.7. The summed E-state index contributed by atoms with van der Waals surface area (Å²) in [4.78, 5) is 0. The van der Waals surface area contributed by atoms with Gasteiger partial charge in [0.25, 0.3) is 0 Å². The molecule has 0 amide bonds. The zero-order valence-electron chi connectivity index (χ0n) is 12.7. The summed E-state index contributed by atoms with van der Waals surface area (Å²) < 4.78 is 0. The standard InChI is InChI=1S/C17H18.C2H6/c1-5-16(9-6-14(2)3)12-13-17-10-7-15(4)8-11-17;1-2/h5-11H,2H2,1,3-4H3;1-2H3/b9-6-,16-5+;. The van der Waals surface area contributed by atoms with E-state index in [1.165, 1.54) is 5.56 Å². The lowest BCUT2D eigenvalue weighted by Crippen LogP contribution is -1.77. The Morgan fingerprint density at radius 1 is 1.11 bits per heavy atom. The highest BCUT2D eigenvalue weighted by atomic mass is 13.9. The third-order valence-corrected chi connectivity index (χ3v) is 2.26. The van der Waals surface area contributed by atoms with Crippen molar-refractivity contribution in [3.63, 3.8) is 0 Å². The smallest absolute Gasteiger partial charge is 0.0249 e. The van der Waals surface area contributed by atoms with Gasteiger partial charge in [0.15, 0.2) is 0 Å². The molecule has 0 unspecified atom stereocenters. The first-order valence-electron chi connectivity index (χ1n) is 6.70. The minimum absolute atomic E-state index is 1.01. The number of allylic oxidation sites excluding steroid dienone is 5. The molecule has 19 heavy (non-hydrogen) atoms. The van der Waals surface area contributed by atoms with Crippen molar-refractivity contribution in [1.29, 1.82) is 0 Å². The van der Waals surface area contributed by atoms with E-state index in [-0.39, 0.29) is 0 Å². The Balaban J connectivity index is 0.00000154. The third-order valence-electron chi connectivity index (χ3n) is 2.26. The first kappa shape index (κ1) is 17.0. The molecule has 0 spiro atoms. The summed E-state index contributed by atoms with van der Waals surface area (Å²) in [6, 6.07) is 8.22. The van der Waals surface area contributed by atoms with Crippen molar-refractivity contribution < 1.29 is 0 Å². The van der Waals surface area contributed by atoms with Crippen LogP contribution in [0.1, 0.15) is 38.8 Å². The molecule has 0 aliphatic carbocycles. The monoisotopic (exact) mass is 252 g/mol. The quantitative estimate of drug-likeness (QED) is 0.485. The van der Waals surface area contributed by atoms with E-state index in [1.54, 1.807) is 0 Å². The molecule has 0 aliphatic heterocycles. The Bertz CT molecular complexity index is 499. The van der Waals surface area contributed by atoms with Crippen LogP contribution in [-0.2, 0) is 0 Å². The largest absolute Gasteiger partial charge is 0.0961 e.